The highest BCUT2D eigenvalue weighted by Gasteiger charge is 2.27. The van der Waals surface area contributed by atoms with Crippen molar-refractivity contribution in [3.05, 3.63) is 35.3 Å². The van der Waals surface area contributed by atoms with Gasteiger partial charge >= 0.3 is 0 Å². The van der Waals surface area contributed by atoms with Gasteiger partial charge in [-0.05, 0) is 19.1 Å². The number of rotatable bonds is 6. The summed E-state index contributed by atoms with van der Waals surface area (Å²) in [5.74, 6) is 0.480. The number of ether oxygens (including phenoxy) is 1. The summed E-state index contributed by atoms with van der Waals surface area (Å²) in [6, 6.07) is 5.63. The van der Waals surface area contributed by atoms with Crippen molar-refractivity contribution in [1.29, 1.82) is 0 Å². The first-order valence-corrected chi connectivity index (χ1v) is 10.9. The second-order valence-corrected chi connectivity index (χ2v) is 8.49. The number of nitrogens with zero attached hydrogens (tertiary/aromatic N) is 3. The van der Waals surface area contributed by atoms with Crippen LogP contribution in [-0.4, -0.2) is 61.9 Å². The zero-order valence-electron chi connectivity index (χ0n) is 16.1. The summed E-state index contributed by atoms with van der Waals surface area (Å²) in [5.41, 5.74) is 3.10. The van der Waals surface area contributed by atoms with Crippen molar-refractivity contribution in [1.82, 2.24) is 19.8 Å². The predicted octanol–water partition coefficient (Wildman–Crippen LogP) is 1.06. The van der Waals surface area contributed by atoms with Gasteiger partial charge in [0.1, 0.15) is 11.9 Å². The van der Waals surface area contributed by atoms with Crippen LogP contribution >= 0.6 is 0 Å². The van der Waals surface area contributed by atoms with Gasteiger partial charge in [-0.3, -0.25) is 4.79 Å². The fraction of sp³-hybridized carbons (Fsp3) is 0.500. The molecule has 28 heavy (non-hydrogen) atoms. The molecular formula is C18H24N4O5S. The summed E-state index contributed by atoms with van der Waals surface area (Å²) in [4.78, 5) is 18.6. The van der Waals surface area contributed by atoms with Crippen molar-refractivity contribution in [3.63, 3.8) is 0 Å². The summed E-state index contributed by atoms with van der Waals surface area (Å²) < 4.78 is 35.8. The molecule has 2 aromatic rings. The Balaban J connectivity index is 1.76. The molecule has 0 bridgehead atoms. The van der Waals surface area contributed by atoms with Crippen LogP contribution in [0.15, 0.2) is 22.7 Å². The molecule has 1 N–H and O–H groups in total. The minimum absolute atomic E-state index is 0.265. The molecule has 0 spiro atoms. The molecule has 0 aliphatic carbocycles. The molecule has 2 aromatic heterocycles. The van der Waals surface area contributed by atoms with E-state index in [0.29, 0.717) is 31.8 Å². The van der Waals surface area contributed by atoms with E-state index >= 15 is 0 Å². The van der Waals surface area contributed by atoms with Gasteiger partial charge in [-0.15, -0.1) is 0 Å². The van der Waals surface area contributed by atoms with Crippen molar-refractivity contribution in [3.8, 4) is 11.3 Å². The summed E-state index contributed by atoms with van der Waals surface area (Å²) >= 11 is 0. The summed E-state index contributed by atoms with van der Waals surface area (Å²) in [5, 5.41) is 4.03. The number of aromatic nitrogens is 2. The molecule has 1 aliphatic rings. The minimum Gasteiger partial charge on any atom is -0.368 e. The van der Waals surface area contributed by atoms with E-state index in [2.05, 4.69) is 9.88 Å². The SMILES string of the molecule is CCc1onc(C)c1-c1cccc([C@@H]2CN(C(=O)CNS(C)(=O)=O)CCO2)n1. The highest BCUT2D eigenvalue weighted by Crippen LogP contribution is 2.28. The van der Waals surface area contributed by atoms with Crippen molar-refractivity contribution < 1.29 is 22.5 Å². The van der Waals surface area contributed by atoms with E-state index in [1.54, 1.807) is 4.90 Å². The first-order chi connectivity index (χ1) is 13.3. The average molecular weight is 408 g/mol. The van der Waals surface area contributed by atoms with E-state index in [-0.39, 0.29) is 18.6 Å². The third-order valence-electron chi connectivity index (χ3n) is 4.52. The first-order valence-electron chi connectivity index (χ1n) is 9.05. The summed E-state index contributed by atoms with van der Waals surface area (Å²) in [6.45, 7) is 4.67. The largest absolute Gasteiger partial charge is 0.368 e. The van der Waals surface area contributed by atoms with Gasteiger partial charge in [0.15, 0.2) is 0 Å². The van der Waals surface area contributed by atoms with Crippen LogP contribution < -0.4 is 4.72 Å². The van der Waals surface area contributed by atoms with Crippen LogP contribution in [0.5, 0.6) is 0 Å². The normalized spacial score (nSPS) is 17.7. The first kappa shape index (κ1) is 20.4. The number of carbonyl (C=O) groups is 1. The Morgan fingerprint density at radius 1 is 1.39 bits per heavy atom. The number of morpholine rings is 1. The molecule has 3 heterocycles. The van der Waals surface area contributed by atoms with E-state index < -0.39 is 10.0 Å². The predicted molar refractivity (Wildman–Crippen MR) is 102 cm³/mol. The lowest BCUT2D eigenvalue weighted by atomic mass is 10.1. The summed E-state index contributed by atoms with van der Waals surface area (Å²) in [6.07, 6.45) is 1.34. The Bertz CT molecular complexity index is 957. The van der Waals surface area contributed by atoms with E-state index in [1.807, 2.05) is 32.0 Å². The Hall–Kier alpha value is -2.30. The number of carbonyl (C=O) groups excluding carboxylic acids is 1. The lowest BCUT2D eigenvalue weighted by Crippen LogP contribution is -2.46. The molecule has 1 atom stereocenters. The van der Waals surface area contributed by atoms with Crippen molar-refractivity contribution in [2.75, 3.05) is 32.5 Å². The maximum Gasteiger partial charge on any atom is 0.237 e. The zero-order valence-corrected chi connectivity index (χ0v) is 17.0. The Morgan fingerprint density at radius 2 is 2.18 bits per heavy atom. The topological polar surface area (TPSA) is 115 Å². The molecule has 152 valence electrons. The molecule has 0 saturated carbocycles. The number of aryl methyl sites for hydroxylation is 2. The Kier molecular flexibility index (Phi) is 6.11. The molecule has 1 fully saturated rings. The van der Waals surface area contributed by atoms with E-state index in [0.717, 1.165) is 29.0 Å². The van der Waals surface area contributed by atoms with Gasteiger partial charge < -0.3 is 14.2 Å². The fourth-order valence-electron chi connectivity index (χ4n) is 3.12. The maximum atomic E-state index is 12.3. The molecule has 1 amide bonds. The molecule has 3 rings (SSSR count). The van der Waals surface area contributed by atoms with Crippen LogP contribution in [0.2, 0.25) is 0 Å². The number of hydrogen-bond donors (Lipinski definition) is 1. The van der Waals surface area contributed by atoms with E-state index in [9.17, 15) is 13.2 Å². The van der Waals surface area contributed by atoms with Gasteiger partial charge in [0.2, 0.25) is 15.9 Å². The average Bonchev–Trinajstić information content (AvgIpc) is 3.06. The molecule has 0 radical (unpaired) electrons. The van der Waals surface area contributed by atoms with Crippen LogP contribution in [0, 0.1) is 6.92 Å². The van der Waals surface area contributed by atoms with Gasteiger partial charge in [0.05, 0.1) is 48.6 Å². The van der Waals surface area contributed by atoms with Gasteiger partial charge in [-0.25, -0.2) is 18.1 Å². The Morgan fingerprint density at radius 3 is 2.89 bits per heavy atom. The van der Waals surface area contributed by atoms with Gasteiger partial charge in [-0.1, -0.05) is 18.1 Å². The smallest absolute Gasteiger partial charge is 0.237 e. The molecule has 0 unspecified atom stereocenters. The third-order valence-corrected chi connectivity index (χ3v) is 5.18. The Labute approximate surface area is 164 Å². The quantitative estimate of drug-likeness (QED) is 0.760. The van der Waals surface area contributed by atoms with Gasteiger partial charge in [0, 0.05) is 13.0 Å². The van der Waals surface area contributed by atoms with Crippen LogP contribution in [0.4, 0.5) is 0 Å². The number of pyridine rings is 1. The minimum atomic E-state index is -3.42. The highest BCUT2D eigenvalue weighted by atomic mass is 32.2. The number of amides is 1. The van der Waals surface area contributed by atoms with Crippen LogP contribution in [-0.2, 0) is 26.0 Å². The molecule has 1 saturated heterocycles. The second kappa shape index (κ2) is 8.38. The molecular weight excluding hydrogens is 384 g/mol. The molecule has 1 aliphatic heterocycles. The molecule has 0 aromatic carbocycles. The van der Waals surface area contributed by atoms with Gasteiger partial charge in [-0.2, -0.15) is 0 Å². The zero-order chi connectivity index (χ0) is 20.3. The van der Waals surface area contributed by atoms with Crippen LogP contribution in [0.25, 0.3) is 11.3 Å². The van der Waals surface area contributed by atoms with E-state index in [4.69, 9.17) is 14.2 Å². The monoisotopic (exact) mass is 408 g/mol. The summed E-state index contributed by atoms with van der Waals surface area (Å²) in [7, 11) is -3.42. The van der Waals surface area contributed by atoms with Gasteiger partial charge in [0.25, 0.3) is 0 Å². The highest BCUT2D eigenvalue weighted by molar-refractivity contribution is 7.88. The number of sulfonamides is 1. The fourth-order valence-corrected chi connectivity index (χ4v) is 3.50. The van der Waals surface area contributed by atoms with Crippen molar-refractivity contribution >= 4 is 15.9 Å². The van der Waals surface area contributed by atoms with Crippen LogP contribution in [0.1, 0.15) is 30.2 Å². The molecule has 10 heteroatoms. The number of hydrogen-bond acceptors (Lipinski definition) is 7. The lowest BCUT2D eigenvalue weighted by molar-refractivity contribution is -0.137. The second-order valence-electron chi connectivity index (χ2n) is 6.66. The standard InChI is InChI=1S/C18H24N4O5S/c1-4-15-18(12(2)21-27-15)14-7-5-6-13(20-14)16-11-22(8-9-26-16)17(23)10-19-28(3,24)25/h5-7,16,19H,4,8-11H2,1-3H3/t16-/m0/s1. The van der Waals surface area contributed by atoms with Crippen molar-refractivity contribution in [2.45, 2.75) is 26.4 Å². The van der Waals surface area contributed by atoms with Crippen LogP contribution in [0.3, 0.4) is 0 Å². The third kappa shape index (κ3) is 4.75. The maximum absolute atomic E-state index is 12.3. The lowest BCUT2D eigenvalue weighted by Gasteiger charge is -2.32. The van der Waals surface area contributed by atoms with Crippen molar-refractivity contribution in [2.24, 2.45) is 0 Å². The number of nitrogens with one attached hydrogen (secondary N) is 1. The molecule has 9 nitrogen and oxygen atoms in total. The van der Waals surface area contributed by atoms with E-state index in [1.165, 1.54) is 0 Å².